The number of halogens is 3. The Kier molecular flexibility index (Phi) is 8.10. The number of aryl methyl sites for hydroxylation is 1. The summed E-state index contributed by atoms with van der Waals surface area (Å²) in [5.74, 6) is 0.360. The molecule has 0 saturated heterocycles. The largest absolute Gasteiger partial charge is 0.488 e. The summed E-state index contributed by atoms with van der Waals surface area (Å²) in [6, 6.07) is 21.3. The predicted octanol–water partition coefficient (Wildman–Crippen LogP) is 6.93. The van der Waals surface area contributed by atoms with Crippen molar-refractivity contribution in [1.29, 1.82) is 0 Å². The summed E-state index contributed by atoms with van der Waals surface area (Å²) in [5.41, 5.74) is 2.72. The van der Waals surface area contributed by atoms with Crippen LogP contribution in [0.3, 0.4) is 0 Å². The van der Waals surface area contributed by atoms with Crippen molar-refractivity contribution in [3.05, 3.63) is 98.7 Å². The second-order valence-electron chi connectivity index (χ2n) is 7.05. The Morgan fingerprint density at radius 2 is 1.86 bits per heavy atom. The topological polar surface area (TPSA) is 21.3 Å². The number of benzene rings is 3. The highest BCUT2D eigenvalue weighted by molar-refractivity contribution is 9.10. The van der Waals surface area contributed by atoms with Gasteiger partial charge in [0.15, 0.2) is 0 Å². The summed E-state index contributed by atoms with van der Waals surface area (Å²) in [4.78, 5) is 0. The highest BCUT2D eigenvalue weighted by Gasteiger charge is 2.11. The van der Waals surface area contributed by atoms with Gasteiger partial charge in [0.1, 0.15) is 18.2 Å². The van der Waals surface area contributed by atoms with Crippen molar-refractivity contribution < 1.29 is 9.13 Å². The third kappa shape index (κ3) is 6.56. The third-order valence-corrected chi connectivity index (χ3v) is 5.65. The Morgan fingerprint density at radius 3 is 2.62 bits per heavy atom. The minimum atomic E-state index is -0.358. The van der Waals surface area contributed by atoms with E-state index in [2.05, 4.69) is 52.4 Å². The molecule has 3 aromatic carbocycles. The Labute approximate surface area is 185 Å². The summed E-state index contributed by atoms with van der Waals surface area (Å²) < 4.78 is 20.9. The normalized spacial score (nSPS) is 12.0. The third-order valence-electron chi connectivity index (χ3n) is 4.81. The zero-order valence-corrected chi connectivity index (χ0v) is 18.6. The van der Waals surface area contributed by atoms with Crippen LogP contribution in [0.1, 0.15) is 30.0 Å². The van der Waals surface area contributed by atoms with E-state index in [4.69, 9.17) is 16.3 Å². The molecule has 5 heteroatoms. The smallest absolute Gasteiger partial charge is 0.131 e. The van der Waals surface area contributed by atoms with Gasteiger partial charge >= 0.3 is 0 Å². The maximum atomic E-state index is 14.0. The number of hydrogen-bond donors (Lipinski definition) is 1. The monoisotopic (exact) mass is 475 g/mol. The highest BCUT2D eigenvalue weighted by atomic mass is 79.9. The Bertz CT molecular complexity index is 915. The molecule has 0 heterocycles. The molecule has 0 aliphatic carbocycles. The van der Waals surface area contributed by atoms with E-state index < -0.39 is 0 Å². The maximum Gasteiger partial charge on any atom is 0.131 e. The van der Waals surface area contributed by atoms with Crippen LogP contribution < -0.4 is 10.1 Å². The molecule has 0 bridgehead atoms. The molecule has 0 aliphatic heterocycles. The van der Waals surface area contributed by atoms with Crippen molar-refractivity contribution in [1.82, 2.24) is 5.32 Å². The molecule has 0 unspecified atom stereocenters. The van der Waals surface area contributed by atoms with Crippen LogP contribution in [0.15, 0.2) is 71.2 Å². The molecular weight excluding hydrogens is 453 g/mol. The number of hydrogen-bond acceptors (Lipinski definition) is 2. The molecule has 0 aromatic heterocycles. The van der Waals surface area contributed by atoms with Gasteiger partial charge in [-0.1, -0.05) is 63.9 Å². The van der Waals surface area contributed by atoms with Crippen molar-refractivity contribution in [2.24, 2.45) is 0 Å². The molecule has 0 radical (unpaired) electrons. The lowest BCUT2D eigenvalue weighted by Gasteiger charge is -2.17. The number of rotatable bonds is 9. The molecule has 0 saturated carbocycles. The van der Waals surface area contributed by atoms with Gasteiger partial charge in [0.05, 0.1) is 5.02 Å². The Morgan fingerprint density at radius 1 is 1.07 bits per heavy atom. The van der Waals surface area contributed by atoms with Crippen LogP contribution in [0.5, 0.6) is 5.75 Å². The van der Waals surface area contributed by atoms with E-state index in [0.717, 1.165) is 28.6 Å². The van der Waals surface area contributed by atoms with Crippen LogP contribution in [0.4, 0.5) is 4.39 Å². The molecule has 1 N–H and O–H groups in total. The van der Waals surface area contributed by atoms with Gasteiger partial charge in [-0.3, -0.25) is 0 Å². The van der Waals surface area contributed by atoms with Crippen molar-refractivity contribution >= 4 is 27.5 Å². The lowest BCUT2D eigenvalue weighted by atomic mass is 10.1. The van der Waals surface area contributed by atoms with Crippen LogP contribution in [-0.2, 0) is 19.6 Å². The summed E-state index contributed by atoms with van der Waals surface area (Å²) in [5, 5.41) is 3.93. The molecule has 2 nitrogen and oxygen atoms in total. The standard InChI is InChI=1S/C24H24BrClFNO/c1-17(10-11-18-6-3-2-4-7-18)28-15-19-14-20(25)12-13-24(19)29-16-21-22(26)8-5-9-23(21)27/h2-9,12-14,17,28H,10-11,15-16H2,1H3/t17-/m1/s1. The Balaban J connectivity index is 1.59. The van der Waals surface area contributed by atoms with E-state index >= 15 is 0 Å². The molecule has 152 valence electrons. The van der Waals surface area contributed by atoms with E-state index in [1.54, 1.807) is 12.1 Å². The SMILES string of the molecule is C[C@H](CCc1ccccc1)NCc1cc(Br)ccc1OCc1c(F)cccc1Cl. The van der Waals surface area contributed by atoms with E-state index in [1.165, 1.54) is 11.6 Å². The van der Waals surface area contributed by atoms with E-state index in [9.17, 15) is 4.39 Å². The first kappa shape index (κ1) is 21.8. The van der Waals surface area contributed by atoms with Gasteiger partial charge in [0.2, 0.25) is 0 Å². The van der Waals surface area contributed by atoms with Gasteiger partial charge in [0, 0.05) is 28.2 Å². The van der Waals surface area contributed by atoms with Gasteiger partial charge in [-0.05, 0) is 55.7 Å². The van der Waals surface area contributed by atoms with Crippen LogP contribution in [0.25, 0.3) is 0 Å². The molecule has 3 aromatic rings. The zero-order chi connectivity index (χ0) is 20.6. The molecular formula is C24H24BrClFNO. The lowest BCUT2D eigenvalue weighted by molar-refractivity contribution is 0.295. The maximum absolute atomic E-state index is 14.0. The first-order valence-electron chi connectivity index (χ1n) is 9.64. The van der Waals surface area contributed by atoms with Gasteiger partial charge < -0.3 is 10.1 Å². The molecule has 0 amide bonds. The van der Waals surface area contributed by atoms with Crippen molar-refractivity contribution in [2.75, 3.05) is 0 Å². The minimum Gasteiger partial charge on any atom is -0.488 e. The van der Waals surface area contributed by atoms with Crippen molar-refractivity contribution in [3.8, 4) is 5.75 Å². The lowest BCUT2D eigenvalue weighted by Crippen LogP contribution is -2.26. The summed E-state index contributed by atoms with van der Waals surface area (Å²) >= 11 is 9.63. The first-order valence-corrected chi connectivity index (χ1v) is 10.8. The highest BCUT2D eigenvalue weighted by Crippen LogP contribution is 2.26. The fourth-order valence-electron chi connectivity index (χ4n) is 3.06. The second-order valence-corrected chi connectivity index (χ2v) is 8.37. The van der Waals surface area contributed by atoms with E-state index in [-0.39, 0.29) is 12.4 Å². The Hall–Kier alpha value is -1.88. The van der Waals surface area contributed by atoms with Crippen LogP contribution in [0.2, 0.25) is 5.02 Å². The van der Waals surface area contributed by atoms with Gasteiger partial charge in [-0.15, -0.1) is 0 Å². The van der Waals surface area contributed by atoms with E-state index in [0.29, 0.717) is 23.2 Å². The fraction of sp³-hybridized carbons (Fsp3) is 0.250. The molecule has 1 atom stereocenters. The zero-order valence-electron chi connectivity index (χ0n) is 16.3. The first-order chi connectivity index (χ1) is 14.0. The van der Waals surface area contributed by atoms with Gasteiger partial charge in [-0.2, -0.15) is 0 Å². The minimum absolute atomic E-state index is 0.0870. The van der Waals surface area contributed by atoms with Crippen LogP contribution in [0, 0.1) is 5.82 Å². The van der Waals surface area contributed by atoms with E-state index in [1.807, 2.05) is 24.3 Å². The van der Waals surface area contributed by atoms with Gasteiger partial charge in [-0.25, -0.2) is 4.39 Å². The van der Waals surface area contributed by atoms with Crippen molar-refractivity contribution in [2.45, 2.75) is 39.0 Å². The molecule has 29 heavy (non-hydrogen) atoms. The molecule has 0 spiro atoms. The predicted molar refractivity (Wildman–Crippen MR) is 121 cm³/mol. The summed E-state index contributed by atoms with van der Waals surface area (Å²) in [6.45, 7) is 2.93. The summed E-state index contributed by atoms with van der Waals surface area (Å²) in [6.07, 6.45) is 2.07. The molecule has 0 fully saturated rings. The average molecular weight is 477 g/mol. The van der Waals surface area contributed by atoms with Crippen molar-refractivity contribution in [3.63, 3.8) is 0 Å². The van der Waals surface area contributed by atoms with Crippen LogP contribution >= 0.6 is 27.5 Å². The number of ether oxygens (including phenoxy) is 1. The molecule has 3 rings (SSSR count). The van der Waals surface area contributed by atoms with Crippen LogP contribution in [-0.4, -0.2) is 6.04 Å². The number of nitrogens with one attached hydrogen (secondary N) is 1. The molecule has 0 aliphatic rings. The fourth-order valence-corrected chi connectivity index (χ4v) is 3.69. The van der Waals surface area contributed by atoms with Gasteiger partial charge in [0.25, 0.3) is 0 Å². The summed E-state index contributed by atoms with van der Waals surface area (Å²) in [7, 11) is 0. The average Bonchev–Trinajstić information content (AvgIpc) is 2.72. The quantitative estimate of drug-likeness (QED) is 0.361. The second kappa shape index (κ2) is 10.8.